The number of hydrogen-bond acceptors (Lipinski definition) is 1. The van der Waals surface area contributed by atoms with Gasteiger partial charge in [-0.25, -0.2) is 0 Å². The van der Waals surface area contributed by atoms with Gasteiger partial charge in [0, 0.05) is 0 Å². The van der Waals surface area contributed by atoms with Crippen LogP contribution in [0.2, 0.25) is 0 Å². The molecule has 1 heteroatoms. The number of ketones is 1. The first-order valence-electron chi connectivity index (χ1n) is 6.63. The van der Waals surface area contributed by atoms with Crippen LogP contribution in [0.3, 0.4) is 0 Å². The van der Waals surface area contributed by atoms with Crippen molar-refractivity contribution in [3.63, 3.8) is 0 Å². The number of allylic oxidation sites excluding steroid dienone is 2. The van der Waals surface area contributed by atoms with Gasteiger partial charge in [-0.05, 0) is 23.6 Å². The molecule has 0 atom stereocenters. The number of carbonyl (C=O) groups excluding carboxylic acids is 1. The van der Waals surface area contributed by atoms with E-state index in [0.717, 1.165) is 17.5 Å². The zero-order valence-electron chi connectivity index (χ0n) is 11.1. The summed E-state index contributed by atoms with van der Waals surface area (Å²) >= 11 is 0. The Balaban J connectivity index is 2.40. The summed E-state index contributed by atoms with van der Waals surface area (Å²) in [5, 5.41) is 0. The summed E-state index contributed by atoms with van der Waals surface area (Å²) in [5.74, 6) is -0.0653. The Bertz CT molecular complexity index is 501. The van der Waals surface area contributed by atoms with Crippen molar-refractivity contribution in [1.82, 2.24) is 0 Å². The fourth-order valence-electron chi connectivity index (χ4n) is 2.14. The highest BCUT2D eigenvalue weighted by atomic mass is 16.1. The number of benzene rings is 2. The van der Waals surface area contributed by atoms with Crippen molar-refractivity contribution in [2.24, 2.45) is 0 Å². The van der Waals surface area contributed by atoms with E-state index < -0.39 is 0 Å². The lowest BCUT2D eigenvalue weighted by atomic mass is 9.87. The second kappa shape index (κ2) is 6.69. The lowest BCUT2D eigenvalue weighted by Crippen LogP contribution is -2.11. The van der Waals surface area contributed by atoms with E-state index in [1.807, 2.05) is 73.7 Å². The van der Waals surface area contributed by atoms with Gasteiger partial charge in [0.2, 0.25) is 0 Å². The van der Waals surface area contributed by atoms with Gasteiger partial charge in [-0.2, -0.15) is 0 Å². The Morgan fingerprint density at radius 2 is 1.42 bits per heavy atom. The predicted octanol–water partition coefficient (Wildman–Crippen LogP) is 4.35. The molecule has 0 aromatic heterocycles. The molecular formula is C18H18O. The Labute approximate surface area is 114 Å². The zero-order valence-corrected chi connectivity index (χ0v) is 11.1. The van der Waals surface area contributed by atoms with E-state index >= 15 is 0 Å². The zero-order chi connectivity index (χ0) is 13.5. The first-order valence-corrected chi connectivity index (χ1v) is 6.63. The minimum absolute atomic E-state index is 0.138. The summed E-state index contributed by atoms with van der Waals surface area (Å²) in [4.78, 5) is 12.4. The van der Waals surface area contributed by atoms with Crippen molar-refractivity contribution in [3.05, 3.63) is 83.9 Å². The van der Waals surface area contributed by atoms with Crippen LogP contribution in [0.25, 0.3) is 0 Å². The van der Waals surface area contributed by atoms with Gasteiger partial charge in [0.05, 0.1) is 5.92 Å². The SMILES string of the molecule is CCC=CC(=O)C(c1ccccc1)c1ccccc1. The Hall–Kier alpha value is -2.15. The molecule has 0 saturated carbocycles. The molecule has 2 aromatic rings. The predicted molar refractivity (Wildman–Crippen MR) is 79.2 cm³/mol. The van der Waals surface area contributed by atoms with Gasteiger partial charge in [-0.1, -0.05) is 73.7 Å². The van der Waals surface area contributed by atoms with Crippen LogP contribution >= 0.6 is 0 Å². The van der Waals surface area contributed by atoms with Crippen LogP contribution in [0.1, 0.15) is 30.4 Å². The van der Waals surface area contributed by atoms with Crippen LogP contribution in [-0.4, -0.2) is 5.78 Å². The van der Waals surface area contributed by atoms with Crippen LogP contribution in [0.15, 0.2) is 72.8 Å². The molecule has 2 aromatic carbocycles. The molecule has 0 N–H and O–H groups in total. The maximum atomic E-state index is 12.4. The molecular weight excluding hydrogens is 232 g/mol. The molecule has 0 saturated heterocycles. The summed E-state index contributed by atoms with van der Waals surface area (Å²) in [6, 6.07) is 19.9. The smallest absolute Gasteiger partial charge is 0.167 e. The van der Waals surface area contributed by atoms with Crippen molar-refractivity contribution in [3.8, 4) is 0 Å². The molecule has 0 bridgehead atoms. The first kappa shape index (κ1) is 13.3. The van der Waals surface area contributed by atoms with E-state index in [4.69, 9.17) is 0 Å². The summed E-state index contributed by atoms with van der Waals surface area (Å²) in [5.41, 5.74) is 2.08. The third-order valence-electron chi connectivity index (χ3n) is 3.07. The van der Waals surface area contributed by atoms with Crippen LogP contribution in [0.5, 0.6) is 0 Å². The van der Waals surface area contributed by atoms with Crippen molar-refractivity contribution < 1.29 is 4.79 Å². The van der Waals surface area contributed by atoms with E-state index in [0.29, 0.717) is 0 Å². The number of carbonyl (C=O) groups is 1. The third-order valence-corrected chi connectivity index (χ3v) is 3.07. The first-order chi connectivity index (χ1) is 9.33. The summed E-state index contributed by atoms with van der Waals surface area (Å²) in [7, 11) is 0. The highest BCUT2D eigenvalue weighted by Gasteiger charge is 2.19. The fraction of sp³-hybridized carbons (Fsp3) is 0.167. The van der Waals surface area contributed by atoms with Gasteiger partial charge in [0.25, 0.3) is 0 Å². The van der Waals surface area contributed by atoms with Gasteiger partial charge < -0.3 is 0 Å². The van der Waals surface area contributed by atoms with Crippen molar-refractivity contribution >= 4 is 5.78 Å². The lowest BCUT2D eigenvalue weighted by molar-refractivity contribution is -0.115. The minimum Gasteiger partial charge on any atom is -0.294 e. The molecule has 0 amide bonds. The quantitative estimate of drug-likeness (QED) is 0.721. The maximum absolute atomic E-state index is 12.4. The molecule has 0 unspecified atom stereocenters. The molecule has 0 aliphatic heterocycles. The Morgan fingerprint density at radius 3 is 1.84 bits per heavy atom. The van der Waals surface area contributed by atoms with Crippen LogP contribution in [0.4, 0.5) is 0 Å². The molecule has 0 heterocycles. The van der Waals surface area contributed by atoms with Crippen molar-refractivity contribution in [2.75, 3.05) is 0 Å². The van der Waals surface area contributed by atoms with Gasteiger partial charge in [0.1, 0.15) is 0 Å². The van der Waals surface area contributed by atoms with E-state index in [2.05, 4.69) is 0 Å². The highest BCUT2D eigenvalue weighted by Crippen LogP contribution is 2.25. The van der Waals surface area contributed by atoms with E-state index in [-0.39, 0.29) is 11.7 Å². The van der Waals surface area contributed by atoms with Crippen molar-refractivity contribution in [2.45, 2.75) is 19.3 Å². The van der Waals surface area contributed by atoms with Crippen molar-refractivity contribution in [1.29, 1.82) is 0 Å². The topological polar surface area (TPSA) is 17.1 Å². The average molecular weight is 250 g/mol. The molecule has 0 fully saturated rings. The molecule has 19 heavy (non-hydrogen) atoms. The van der Waals surface area contributed by atoms with E-state index in [1.54, 1.807) is 6.08 Å². The minimum atomic E-state index is -0.204. The average Bonchev–Trinajstić information content (AvgIpc) is 2.47. The maximum Gasteiger partial charge on any atom is 0.167 e. The molecule has 0 aliphatic carbocycles. The summed E-state index contributed by atoms with van der Waals surface area (Å²) in [6.07, 6.45) is 4.49. The molecule has 1 nitrogen and oxygen atoms in total. The standard InChI is InChI=1S/C18H18O/c1-2-3-14-17(19)18(15-10-6-4-7-11-15)16-12-8-5-9-13-16/h3-14,18H,2H2,1H3. The monoisotopic (exact) mass is 250 g/mol. The van der Waals surface area contributed by atoms with E-state index in [9.17, 15) is 4.79 Å². The molecule has 0 radical (unpaired) electrons. The number of rotatable bonds is 5. The largest absolute Gasteiger partial charge is 0.294 e. The van der Waals surface area contributed by atoms with Gasteiger partial charge in [-0.15, -0.1) is 0 Å². The van der Waals surface area contributed by atoms with Gasteiger partial charge in [-0.3, -0.25) is 4.79 Å². The van der Waals surface area contributed by atoms with Crippen LogP contribution in [0, 0.1) is 0 Å². The molecule has 0 spiro atoms. The molecule has 96 valence electrons. The normalized spacial score (nSPS) is 11.1. The fourth-order valence-corrected chi connectivity index (χ4v) is 2.14. The third kappa shape index (κ3) is 3.41. The van der Waals surface area contributed by atoms with Crippen LogP contribution in [-0.2, 0) is 4.79 Å². The van der Waals surface area contributed by atoms with E-state index in [1.165, 1.54) is 0 Å². The summed E-state index contributed by atoms with van der Waals surface area (Å²) in [6.45, 7) is 2.03. The second-order valence-electron chi connectivity index (χ2n) is 4.47. The summed E-state index contributed by atoms with van der Waals surface area (Å²) < 4.78 is 0. The molecule has 2 rings (SSSR count). The Kier molecular flexibility index (Phi) is 4.68. The second-order valence-corrected chi connectivity index (χ2v) is 4.47. The molecule has 0 aliphatic rings. The van der Waals surface area contributed by atoms with Gasteiger partial charge in [0.15, 0.2) is 5.78 Å². The number of hydrogen-bond donors (Lipinski definition) is 0. The Morgan fingerprint density at radius 1 is 0.947 bits per heavy atom. The highest BCUT2D eigenvalue weighted by molar-refractivity contribution is 5.97. The van der Waals surface area contributed by atoms with Crippen LogP contribution < -0.4 is 0 Å². The lowest BCUT2D eigenvalue weighted by Gasteiger charge is -2.15. The van der Waals surface area contributed by atoms with Gasteiger partial charge >= 0.3 is 0 Å².